The van der Waals surface area contributed by atoms with E-state index in [1.54, 1.807) is 19.1 Å². The topological polar surface area (TPSA) is 75.0 Å². The predicted molar refractivity (Wildman–Crippen MR) is 102 cm³/mol. The van der Waals surface area contributed by atoms with Crippen molar-refractivity contribution in [1.29, 1.82) is 0 Å². The molecule has 0 atom stereocenters. The summed E-state index contributed by atoms with van der Waals surface area (Å²) in [5, 5.41) is 0.721. The van der Waals surface area contributed by atoms with Crippen molar-refractivity contribution in [2.24, 2.45) is 0 Å². The molecule has 0 fully saturated rings. The Morgan fingerprint density at radius 2 is 1.73 bits per heavy atom. The maximum Gasteiger partial charge on any atom is 0.530 e. The highest BCUT2D eigenvalue weighted by molar-refractivity contribution is 7.48. The molecule has 0 N–H and O–H groups in total. The summed E-state index contributed by atoms with van der Waals surface area (Å²) in [6.07, 6.45) is 3.29. The molecular weight excluding hydrogens is 379 g/mol. The van der Waals surface area contributed by atoms with Crippen molar-refractivity contribution in [3.05, 3.63) is 39.2 Å². The molecule has 0 spiro atoms. The van der Waals surface area contributed by atoms with Gasteiger partial charge in [-0.15, -0.1) is 0 Å². The molecule has 0 saturated carbocycles. The number of hydrogen-bond donors (Lipinski definition) is 0. The lowest BCUT2D eigenvalue weighted by Gasteiger charge is -2.18. The first-order valence-corrected chi connectivity index (χ1v) is 10.6. The van der Waals surface area contributed by atoms with E-state index in [1.807, 2.05) is 13.8 Å². The van der Waals surface area contributed by atoms with Crippen LogP contribution in [0.5, 0.6) is 5.75 Å². The second-order valence-corrected chi connectivity index (χ2v) is 7.87. The lowest BCUT2D eigenvalue weighted by molar-refractivity contribution is 0.152. The van der Waals surface area contributed by atoms with Crippen LogP contribution in [0.4, 0.5) is 0 Å². The number of hydrogen-bond acceptors (Lipinski definition) is 6. The Labute approximate surface area is 158 Å². The Morgan fingerprint density at radius 3 is 2.31 bits per heavy atom. The largest absolute Gasteiger partial charge is 0.530 e. The average Bonchev–Trinajstić information content (AvgIpc) is 2.60. The van der Waals surface area contributed by atoms with Crippen LogP contribution in [-0.2, 0) is 13.6 Å². The second kappa shape index (κ2) is 9.56. The second-order valence-electron chi connectivity index (χ2n) is 5.90. The Balaban J connectivity index is 2.27. The predicted octanol–water partition coefficient (Wildman–Crippen LogP) is 5.88. The van der Waals surface area contributed by atoms with Crippen LogP contribution in [0.1, 0.15) is 45.1 Å². The minimum Gasteiger partial charge on any atom is -0.421 e. The van der Waals surface area contributed by atoms with Gasteiger partial charge in [0.2, 0.25) is 0 Å². The van der Waals surface area contributed by atoms with E-state index in [4.69, 9.17) is 29.6 Å². The molecule has 144 valence electrons. The third-order valence-electron chi connectivity index (χ3n) is 3.78. The molecule has 26 heavy (non-hydrogen) atoms. The van der Waals surface area contributed by atoms with E-state index in [9.17, 15) is 9.36 Å². The number of benzene rings is 1. The fourth-order valence-electron chi connectivity index (χ4n) is 2.23. The van der Waals surface area contributed by atoms with Crippen LogP contribution in [0, 0.1) is 6.92 Å². The van der Waals surface area contributed by atoms with Crippen molar-refractivity contribution in [1.82, 2.24) is 0 Å². The number of unbranched alkanes of at least 4 members (excludes halogenated alkanes) is 2. The molecule has 0 aliphatic heterocycles. The van der Waals surface area contributed by atoms with Gasteiger partial charge in [-0.1, -0.05) is 38.3 Å². The van der Waals surface area contributed by atoms with Crippen LogP contribution in [-0.4, -0.2) is 13.2 Å². The highest BCUT2D eigenvalue weighted by Gasteiger charge is 2.28. The smallest absolute Gasteiger partial charge is 0.421 e. The first kappa shape index (κ1) is 21.0. The van der Waals surface area contributed by atoms with Gasteiger partial charge in [-0.25, -0.2) is 9.36 Å². The normalized spacial score (nSPS) is 11.8. The van der Waals surface area contributed by atoms with Crippen LogP contribution in [0.25, 0.3) is 11.0 Å². The fourth-order valence-corrected chi connectivity index (χ4v) is 3.63. The maximum atomic E-state index is 12.9. The molecule has 0 unspecified atom stereocenters. The van der Waals surface area contributed by atoms with E-state index < -0.39 is 13.4 Å². The summed E-state index contributed by atoms with van der Waals surface area (Å²) in [7, 11) is -3.76. The van der Waals surface area contributed by atoms with Crippen LogP contribution < -0.4 is 10.1 Å². The third-order valence-corrected chi connectivity index (χ3v) is 5.65. The zero-order valence-electron chi connectivity index (χ0n) is 15.2. The summed E-state index contributed by atoms with van der Waals surface area (Å²) in [5.41, 5.74) is 0.282. The Morgan fingerprint density at radius 1 is 1.12 bits per heavy atom. The van der Waals surface area contributed by atoms with Gasteiger partial charge < -0.3 is 8.94 Å². The van der Waals surface area contributed by atoms with Gasteiger partial charge >= 0.3 is 13.4 Å². The highest BCUT2D eigenvalue weighted by Crippen LogP contribution is 2.50. The number of halogens is 1. The maximum absolute atomic E-state index is 12.9. The van der Waals surface area contributed by atoms with Gasteiger partial charge in [-0.05, 0) is 37.5 Å². The van der Waals surface area contributed by atoms with Gasteiger partial charge in [0.25, 0.3) is 0 Å². The monoisotopic (exact) mass is 402 g/mol. The third kappa shape index (κ3) is 5.34. The van der Waals surface area contributed by atoms with Crippen LogP contribution in [0.2, 0.25) is 5.02 Å². The molecule has 0 amide bonds. The summed E-state index contributed by atoms with van der Waals surface area (Å²) in [5.74, 6) is 0.235. The van der Waals surface area contributed by atoms with Crippen molar-refractivity contribution >= 4 is 30.4 Å². The molecule has 2 rings (SSSR count). The molecule has 1 aromatic heterocycles. The summed E-state index contributed by atoms with van der Waals surface area (Å²) in [6, 6.07) is 4.79. The molecule has 0 radical (unpaired) electrons. The van der Waals surface area contributed by atoms with E-state index in [0.29, 0.717) is 16.5 Å². The number of fused-ring (bicyclic) bond motifs is 1. The zero-order chi connectivity index (χ0) is 19.2. The van der Waals surface area contributed by atoms with E-state index in [0.717, 1.165) is 25.7 Å². The van der Waals surface area contributed by atoms with Crippen molar-refractivity contribution < 1.29 is 22.6 Å². The lowest BCUT2D eigenvalue weighted by atomic mass is 10.1. The van der Waals surface area contributed by atoms with E-state index in [1.165, 1.54) is 6.07 Å². The molecule has 8 heteroatoms. The number of phosphoric acid groups is 1. The van der Waals surface area contributed by atoms with Gasteiger partial charge in [-0.2, -0.15) is 0 Å². The average molecular weight is 403 g/mol. The summed E-state index contributed by atoms with van der Waals surface area (Å²) in [6.45, 7) is 6.29. The van der Waals surface area contributed by atoms with Crippen LogP contribution in [0.15, 0.2) is 27.4 Å². The lowest BCUT2D eigenvalue weighted by Crippen LogP contribution is -2.05. The van der Waals surface area contributed by atoms with Gasteiger partial charge in [0.15, 0.2) is 0 Å². The highest BCUT2D eigenvalue weighted by atomic mass is 35.5. The minimum absolute atomic E-state index is 0.0441. The van der Waals surface area contributed by atoms with Crippen LogP contribution >= 0.6 is 19.4 Å². The van der Waals surface area contributed by atoms with Gasteiger partial charge in [0.05, 0.1) is 13.2 Å². The molecular formula is C18H24ClO6P. The minimum atomic E-state index is -3.76. The molecule has 2 aromatic rings. The summed E-state index contributed by atoms with van der Waals surface area (Å²) < 4.78 is 34.4. The van der Waals surface area contributed by atoms with Gasteiger partial charge in [0.1, 0.15) is 16.4 Å². The first-order valence-electron chi connectivity index (χ1n) is 8.72. The molecule has 0 aliphatic rings. The van der Waals surface area contributed by atoms with E-state index in [-0.39, 0.29) is 24.0 Å². The van der Waals surface area contributed by atoms with Crippen molar-refractivity contribution in [3.8, 4) is 5.75 Å². The zero-order valence-corrected chi connectivity index (χ0v) is 16.9. The number of phosphoric ester groups is 1. The standard InChI is InChI=1S/C18H24ClO6P/c1-4-6-10-22-26(21,23-11-7-5-2)25-14-8-9-15-13(3)17(19)18(20)24-16(15)12-14/h8-9,12H,4-7,10-11H2,1-3H3. The van der Waals surface area contributed by atoms with Crippen molar-refractivity contribution in [2.75, 3.05) is 13.2 Å². The Kier molecular flexibility index (Phi) is 7.71. The summed E-state index contributed by atoms with van der Waals surface area (Å²) in [4.78, 5) is 11.8. The quantitative estimate of drug-likeness (QED) is 0.281. The van der Waals surface area contributed by atoms with E-state index in [2.05, 4.69) is 0 Å². The number of rotatable bonds is 10. The summed E-state index contributed by atoms with van der Waals surface area (Å²) >= 11 is 5.92. The van der Waals surface area contributed by atoms with Gasteiger partial charge in [-0.3, -0.25) is 9.05 Å². The SMILES string of the molecule is CCCCOP(=O)(OCCCC)Oc1ccc2c(C)c(Cl)c(=O)oc2c1. The number of aryl methyl sites for hydroxylation is 1. The first-order chi connectivity index (χ1) is 12.4. The van der Waals surface area contributed by atoms with Crippen molar-refractivity contribution in [3.63, 3.8) is 0 Å². The molecule has 0 saturated heterocycles. The molecule has 6 nitrogen and oxygen atoms in total. The van der Waals surface area contributed by atoms with Crippen molar-refractivity contribution in [2.45, 2.75) is 46.5 Å². The van der Waals surface area contributed by atoms with Gasteiger partial charge in [0, 0.05) is 11.5 Å². The molecule has 0 aliphatic carbocycles. The Bertz CT molecular complexity index is 833. The Hall–Kier alpha value is -1.33. The molecule has 1 heterocycles. The fraction of sp³-hybridized carbons (Fsp3) is 0.500. The van der Waals surface area contributed by atoms with E-state index >= 15 is 0 Å². The van der Waals surface area contributed by atoms with Crippen LogP contribution in [0.3, 0.4) is 0 Å². The molecule has 0 bridgehead atoms. The molecule has 1 aromatic carbocycles.